The van der Waals surface area contributed by atoms with Crippen LogP contribution in [0.1, 0.15) is 6.92 Å². The second kappa shape index (κ2) is 7.24. The fourth-order valence-corrected chi connectivity index (χ4v) is 2.22. The van der Waals surface area contributed by atoms with E-state index in [0.29, 0.717) is 0 Å². The minimum atomic E-state index is 0.229. The van der Waals surface area contributed by atoms with E-state index in [1.54, 1.807) is 0 Å². The molecule has 3 heteroatoms. The molecule has 2 aromatic rings. The lowest BCUT2D eigenvalue weighted by atomic mass is 10.1. The maximum Gasteiger partial charge on any atom is 0.0543 e. The minimum absolute atomic E-state index is 0.229. The lowest BCUT2D eigenvalue weighted by Gasteiger charge is -2.30. The molecule has 1 aliphatic heterocycles. The van der Waals surface area contributed by atoms with E-state index in [1.807, 2.05) is 6.92 Å². The van der Waals surface area contributed by atoms with Crippen LogP contribution in [-0.4, -0.2) is 37.2 Å². The molecule has 3 rings (SSSR count). The van der Waals surface area contributed by atoms with Gasteiger partial charge in [-0.15, -0.1) is 0 Å². The third-order valence-corrected chi connectivity index (χ3v) is 3.39. The van der Waals surface area contributed by atoms with E-state index < -0.39 is 0 Å². The van der Waals surface area contributed by atoms with Gasteiger partial charge < -0.3 is 11.1 Å². The number of nitrogens with two attached hydrogens (primary N) is 1. The highest BCUT2D eigenvalue weighted by Crippen LogP contribution is 2.11. The number of benzene rings is 2. The van der Waals surface area contributed by atoms with Crippen molar-refractivity contribution >= 4 is 10.8 Å². The number of fused-ring (bicyclic) bond motifs is 1. The number of piperazine rings is 1. The van der Waals surface area contributed by atoms with E-state index in [2.05, 4.69) is 58.7 Å². The average molecular weight is 257 g/mol. The Morgan fingerprint density at radius 1 is 0.947 bits per heavy atom. The van der Waals surface area contributed by atoms with Gasteiger partial charge in [0.05, 0.1) is 6.17 Å². The van der Waals surface area contributed by atoms with Crippen molar-refractivity contribution in [3.05, 3.63) is 48.5 Å². The van der Waals surface area contributed by atoms with Gasteiger partial charge in [-0.05, 0) is 17.7 Å². The Kier molecular flexibility index (Phi) is 5.33. The first-order chi connectivity index (χ1) is 9.27. The van der Waals surface area contributed by atoms with Crippen molar-refractivity contribution in [2.45, 2.75) is 13.1 Å². The summed E-state index contributed by atoms with van der Waals surface area (Å²) >= 11 is 0. The Bertz CT molecular complexity index is 425. The second-order valence-corrected chi connectivity index (χ2v) is 4.87. The Balaban J connectivity index is 0.000000141. The van der Waals surface area contributed by atoms with Crippen LogP contribution in [0, 0.1) is 0 Å². The van der Waals surface area contributed by atoms with Gasteiger partial charge >= 0.3 is 0 Å². The molecule has 1 atom stereocenters. The van der Waals surface area contributed by atoms with E-state index >= 15 is 0 Å². The predicted molar refractivity (Wildman–Crippen MR) is 82.0 cm³/mol. The summed E-state index contributed by atoms with van der Waals surface area (Å²) in [4.78, 5) is 2.27. The van der Waals surface area contributed by atoms with Gasteiger partial charge in [0.15, 0.2) is 0 Å². The first-order valence-corrected chi connectivity index (χ1v) is 6.91. The van der Waals surface area contributed by atoms with Crippen molar-refractivity contribution in [3.63, 3.8) is 0 Å². The normalized spacial score (nSPS) is 17.6. The van der Waals surface area contributed by atoms with Gasteiger partial charge in [-0.2, -0.15) is 0 Å². The fourth-order valence-electron chi connectivity index (χ4n) is 2.22. The van der Waals surface area contributed by atoms with E-state index in [9.17, 15) is 0 Å². The van der Waals surface area contributed by atoms with Gasteiger partial charge in [0.2, 0.25) is 0 Å². The molecule has 3 nitrogen and oxygen atoms in total. The molecule has 1 saturated heterocycles. The number of rotatable bonds is 1. The minimum Gasteiger partial charge on any atom is -0.316 e. The second-order valence-electron chi connectivity index (χ2n) is 4.87. The smallest absolute Gasteiger partial charge is 0.0543 e. The van der Waals surface area contributed by atoms with Crippen LogP contribution in [0.15, 0.2) is 48.5 Å². The van der Waals surface area contributed by atoms with Crippen LogP contribution in [0.4, 0.5) is 0 Å². The van der Waals surface area contributed by atoms with Crippen molar-refractivity contribution in [1.82, 2.24) is 10.2 Å². The standard InChI is InChI=1S/C10H8.C6H15N3/c1-2-6-10-8-4-3-7-9(10)5-1;1-6(7)9-4-2-8-3-5-9/h1-8H;6,8H,2-5,7H2,1H3. The van der Waals surface area contributed by atoms with Crippen molar-refractivity contribution in [1.29, 1.82) is 0 Å². The van der Waals surface area contributed by atoms with Crippen molar-refractivity contribution < 1.29 is 0 Å². The van der Waals surface area contributed by atoms with Crippen molar-refractivity contribution in [3.8, 4) is 0 Å². The molecule has 0 aliphatic carbocycles. The van der Waals surface area contributed by atoms with Crippen molar-refractivity contribution in [2.24, 2.45) is 5.73 Å². The van der Waals surface area contributed by atoms with Crippen LogP contribution >= 0.6 is 0 Å². The van der Waals surface area contributed by atoms with Gasteiger partial charge in [0.1, 0.15) is 0 Å². The molecule has 1 fully saturated rings. The summed E-state index contributed by atoms with van der Waals surface area (Å²) in [7, 11) is 0. The molecule has 0 radical (unpaired) electrons. The molecule has 1 heterocycles. The largest absolute Gasteiger partial charge is 0.316 e. The van der Waals surface area contributed by atoms with Gasteiger partial charge in [0, 0.05) is 26.2 Å². The monoisotopic (exact) mass is 257 g/mol. The van der Waals surface area contributed by atoms with Crippen LogP contribution in [0.3, 0.4) is 0 Å². The zero-order chi connectivity index (χ0) is 13.5. The zero-order valence-corrected chi connectivity index (χ0v) is 11.5. The molecule has 0 spiro atoms. The number of nitrogens with zero attached hydrogens (tertiary/aromatic N) is 1. The molecule has 1 unspecified atom stereocenters. The number of nitrogens with one attached hydrogen (secondary N) is 1. The topological polar surface area (TPSA) is 41.3 Å². The third-order valence-electron chi connectivity index (χ3n) is 3.39. The molecule has 102 valence electrons. The number of hydrogen-bond acceptors (Lipinski definition) is 3. The first kappa shape index (κ1) is 14.0. The van der Waals surface area contributed by atoms with Crippen LogP contribution < -0.4 is 11.1 Å². The number of hydrogen-bond donors (Lipinski definition) is 2. The quantitative estimate of drug-likeness (QED) is 0.821. The third kappa shape index (κ3) is 4.31. The fraction of sp³-hybridized carbons (Fsp3) is 0.375. The Morgan fingerprint density at radius 2 is 1.37 bits per heavy atom. The molecule has 0 saturated carbocycles. The molecule has 2 aromatic carbocycles. The van der Waals surface area contributed by atoms with Gasteiger partial charge in [-0.25, -0.2) is 0 Å². The van der Waals surface area contributed by atoms with Crippen molar-refractivity contribution in [2.75, 3.05) is 26.2 Å². The lowest BCUT2D eigenvalue weighted by Crippen LogP contribution is -2.50. The van der Waals surface area contributed by atoms with Crippen LogP contribution in [0.25, 0.3) is 10.8 Å². The lowest BCUT2D eigenvalue weighted by molar-refractivity contribution is 0.188. The molecule has 1 aliphatic rings. The molecule has 3 N–H and O–H groups in total. The maximum absolute atomic E-state index is 5.67. The molecule has 19 heavy (non-hydrogen) atoms. The molecule has 0 bridgehead atoms. The van der Waals surface area contributed by atoms with Gasteiger partial charge in [-0.3, -0.25) is 4.90 Å². The Hall–Kier alpha value is -1.42. The molecular weight excluding hydrogens is 234 g/mol. The molecular formula is C16H23N3. The van der Waals surface area contributed by atoms with Crippen LogP contribution in [0.2, 0.25) is 0 Å². The van der Waals surface area contributed by atoms with Crippen LogP contribution in [-0.2, 0) is 0 Å². The summed E-state index contributed by atoms with van der Waals surface area (Å²) < 4.78 is 0. The Labute approximate surface area is 115 Å². The zero-order valence-electron chi connectivity index (χ0n) is 11.5. The van der Waals surface area contributed by atoms with E-state index in [4.69, 9.17) is 5.73 Å². The summed E-state index contributed by atoms with van der Waals surface area (Å²) in [6.45, 7) is 6.39. The summed E-state index contributed by atoms with van der Waals surface area (Å²) in [5, 5.41) is 5.89. The highest BCUT2D eigenvalue weighted by Gasteiger charge is 2.11. The van der Waals surface area contributed by atoms with Crippen LogP contribution in [0.5, 0.6) is 0 Å². The SMILES string of the molecule is CC(N)N1CCNCC1.c1ccc2ccccc2c1. The molecule has 0 aromatic heterocycles. The first-order valence-electron chi connectivity index (χ1n) is 6.91. The Morgan fingerprint density at radius 3 is 1.68 bits per heavy atom. The maximum atomic E-state index is 5.67. The summed E-state index contributed by atoms with van der Waals surface area (Å²) in [6, 6.07) is 16.7. The molecule has 0 amide bonds. The van der Waals surface area contributed by atoms with E-state index in [-0.39, 0.29) is 6.17 Å². The van der Waals surface area contributed by atoms with E-state index in [0.717, 1.165) is 26.2 Å². The van der Waals surface area contributed by atoms with Gasteiger partial charge in [0.25, 0.3) is 0 Å². The highest BCUT2D eigenvalue weighted by molar-refractivity contribution is 5.81. The summed E-state index contributed by atoms with van der Waals surface area (Å²) in [5.41, 5.74) is 5.67. The predicted octanol–water partition coefficient (Wildman–Crippen LogP) is 2.04. The average Bonchev–Trinajstić information content (AvgIpc) is 2.49. The van der Waals surface area contributed by atoms with Gasteiger partial charge in [-0.1, -0.05) is 48.5 Å². The highest BCUT2D eigenvalue weighted by atomic mass is 15.2. The summed E-state index contributed by atoms with van der Waals surface area (Å²) in [5.74, 6) is 0. The summed E-state index contributed by atoms with van der Waals surface area (Å²) in [6.07, 6.45) is 0.229. The van der Waals surface area contributed by atoms with E-state index in [1.165, 1.54) is 10.8 Å².